The summed E-state index contributed by atoms with van der Waals surface area (Å²) in [7, 11) is 0. The summed E-state index contributed by atoms with van der Waals surface area (Å²) in [4.78, 5) is 22.9. The van der Waals surface area contributed by atoms with Crippen LogP contribution in [0.5, 0.6) is 0 Å². The Morgan fingerprint density at radius 2 is 1.63 bits per heavy atom. The van der Waals surface area contributed by atoms with Crippen molar-refractivity contribution in [3.8, 4) is 0 Å². The predicted molar refractivity (Wildman–Crippen MR) is 161 cm³/mol. The van der Waals surface area contributed by atoms with Crippen LogP contribution in [0.15, 0.2) is 28.9 Å². The van der Waals surface area contributed by atoms with Crippen LogP contribution in [0, 0.1) is 10.1 Å². The Balaban J connectivity index is 1.52. The second-order valence-corrected chi connectivity index (χ2v) is 10.7. The zero-order valence-corrected chi connectivity index (χ0v) is 24.6. The summed E-state index contributed by atoms with van der Waals surface area (Å²) in [5, 5.41) is 44.5. The molecule has 0 spiro atoms. The number of unbranched alkanes of at least 4 members (excludes halogenated alkanes) is 11. The van der Waals surface area contributed by atoms with Gasteiger partial charge in [-0.25, -0.2) is 4.63 Å². The van der Waals surface area contributed by atoms with Gasteiger partial charge < -0.3 is 20.8 Å². The van der Waals surface area contributed by atoms with Crippen molar-refractivity contribution in [1.29, 1.82) is 0 Å². The molecule has 1 aromatic carbocycles. The van der Waals surface area contributed by atoms with E-state index in [-0.39, 0.29) is 23.7 Å². The number of rotatable bonds is 24. The highest BCUT2D eigenvalue weighted by Crippen LogP contribution is 2.28. The first-order valence-electron chi connectivity index (χ1n) is 15.3. The number of non-ortho nitro benzene ring substituents is 1. The number of aromatic nitrogens is 2. The van der Waals surface area contributed by atoms with Crippen LogP contribution < -0.4 is 10.6 Å². The Morgan fingerprint density at radius 3 is 2.34 bits per heavy atom. The summed E-state index contributed by atoms with van der Waals surface area (Å²) in [5.41, 5.74) is 0.844. The van der Waals surface area contributed by atoms with Crippen LogP contribution in [0.1, 0.15) is 110 Å². The Labute approximate surface area is 243 Å². The highest BCUT2D eigenvalue weighted by Gasteiger charge is 2.20. The third kappa shape index (κ3) is 13.4. The number of carbonyl (C=O) groups excluding carboxylic acids is 1. The number of nitrogens with one attached hydrogen (secondary N) is 2. The van der Waals surface area contributed by atoms with Crippen LogP contribution in [-0.2, 0) is 4.79 Å². The first-order chi connectivity index (χ1) is 20.0. The van der Waals surface area contributed by atoms with E-state index >= 15 is 0 Å². The average Bonchev–Trinajstić information content (AvgIpc) is 3.46. The normalized spacial score (nSPS) is 13.0. The van der Waals surface area contributed by atoms with E-state index in [1.165, 1.54) is 63.9 Å². The Hall–Kier alpha value is -3.05. The number of fused-ring (bicyclic) bond motifs is 1. The molecule has 230 valence electrons. The number of hydrogen-bond donors (Lipinski definition) is 4. The quantitative estimate of drug-likeness (QED) is 0.0494. The van der Waals surface area contributed by atoms with E-state index in [1.807, 2.05) is 0 Å². The number of hydrogen-bond acceptors (Lipinski definition) is 9. The van der Waals surface area contributed by atoms with Crippen LogP contribution in [0.25, 0.3) is 11.0 Å². The molecule has 11 nitrogen and oxygen atoms in total. The predicted octanol–water partition coefficient (Wildman–Crippen LogP) is 6.20. The van der Waals surface area contributed by atoms with Gasteiger partial charge in [0.15, 0.2) is 5.52 Å². The van der Waals surface area contributed by atoms with Gasteiger partial charge in [0, 0.05) is 19.0 Å². The number of carbonyl (C=O) groups is 1. The van der Waals surface area contributed by atoms with Crippen molar-refractivity contribution >= 4 is 28.3 Å². The van der Waals surface area contributed by atoms with Crippen molar-refractivity contribution < 1.29 is 24.6 Å². The van der Waals surface area contributed by atoms with E-state index < -0.39 is 17.1 Å². The van der Waals surface area contributed by atoms with Gasteiger partial charge >= 0.3 is 5.69 Å². The molecule has 2 atom stereocenters. The zero-order valence-electron chi connectivity index (χ0n) is 24.6. The maximum Gasteiger partial charge on any atom is 0.300 e. The third-order valence-corrected chi connectivity index (χ3v) is 7.26. The van der Waals surface area contributed by atoms with Gasteiger partial charge in [-0.05, 0) is 54.9 Å². The van der Waals surface area contributed by atoms with Crippen LogP contribution in [0.4, 0.5) is 11.4 Å². The molecule has 0 bridgehead atoms. The number of amides is 1. The van der Waals surface area contributed by atoms with E-state index in [4.69, 9.17) is 0 Å². The van der Waals surface area contributed by atoms with Crippen molar-refractivity contribution in [1.82, 2.24) is 15.6 Å². The van der Waals surface area contributed by atoms with E-state index in [2.05, 4.69) is 44.7 Å². The lowest BCUT2D eigenvalue weighted by atomic mass is 10.0. The average molecular weight is 576 g/mol. The fourth-order valence-corrected chi connectivity index (χ4v) is 4.77. The SMILES string of the molecule is CCCCCCCCCCC/C=C\CC[C@@H](O)[C@H](CO)NC(=O)CCCCCNc1ccc([N+](=O)[O-])c2nonc12. The van der Waals surface area contributed by atoms with Gasteiger partial charge in [-0.2, -0.15) is 0 Å². The molecule has 0 saturated heterocycles. The van der Waals surface area contributed by atoms with E-state index in [0.717, 1.165) is 19.3 Å². The molecule has 0 fully saturated rings. The standard InChI is InChI=1S/C30H49N5O6/c1-2-3-4-5-6-7-8-9-10-11-12-13-15-18-27(37)25(23-36)32-28(38)19-16-14-17-22-31-24-20-21-26(35(39)40)30-29(24)33-41-34-30/h12-13,20-21,25,27,31,36-37H,2-11,14-19,22-23H2,1H3,(H,32,38)/b13-12-/t25-,27+/m0/s1. The van der Waals surface area contributed by atoms with Crippen LogP contribution in [-0.4, -0.2) is 56.7 Å². The van der Waals surface area contributed by atoms with Gasteiger partial charge in [-0.3, -0.25) is 14.9 Å². The number of benzene rings is 1. The fraction of sp³-hybridized carbons (Fsp3) is 0.700. The number of nitrogens with zero attached hydrogens (tertiary/aromatic N) is 3. The second kappa shape index (κ2) is 20.8. The first-order valence-corrected chi connectivity index (χ1v) is 15.3. The van der Waals surface area contributed by atoms with Crippen molar-refractivity contribution in [3.05, 3.63) is 34.4 Å². The molecule has 1 heterocycles. The zero-order chi connectivity index (χ0) is 29.7. The first kappa shape index (κ1) is 34.2. The molecule has 2 aromatic rings. The number of nitro groups is 1. The van der Waals surface area contributed by atoms with Crippen LogP contribution in [0.2, 0.25) is 0 Å². The number of anilines is 1. The Bertz CT molecular complexity index is 1040. The molecule has 11 heteroatoms. The molecule has 0 aliphatic rings. The van der Waals surface area contributed by atoms with Gasteiger partial charge in [0.2, 0.25) is 11.4 Å². The summed E-state index contributed by atoms with van der Waals surface area (Å²) in [6.07, 6.45) is 20.1. The molecule has 0 radical (unpaired) electrons. The second-order valence-electron chi connectivity index (χ2n) is 10.7. The molecule has 0 unspecified atom stereocenters. The lowest BCUT2D eigenvalue weighted by Gasteiger charge is -2.22. The van der Waals surface area contributed by atoms with Crippen LogP contribution >= 0.6 is 0 Å². The molecule has 2 rings (SSSR count). The monoisotopic (exact) mass is 575 g/mol. The van der Waals surface area contributed by atoms with Gasteiger partial charge in [-0.15, -0.1) is 0 Å². The minimum absolute atomic E-state index is 0.0994. The number of allylic oxidation sites excluding steroid dienone is 2. The Morgan fingerprint density at radius 1 is 0.976 bits per heavy atom. The van der Waals surface area contributed by atoms with Crippen molar-refractivity contribution in [3.63, 3.8) is 0 Å². The smallest absolute Gasteiger partial charge is 0.300 e. The van der Waals surface area contributed by atoms with E-state index in [1.54, 1.807) is 6.07 Å². The minimum atomic E-state index is -0.796. The molecule has 0 saturated carbocycles. The molecule has 0 aliphatic heterocycles. The Kier molecular flexibility index (Phi) is 17.3. The minimum Gasteiger partial charge on any atom is -0.394 e. The fourth-order valence-electron chi connectivity index (χ4n) is 4.77. The van der Waals surface area contributed by atoms with E-state index in [0.29, 0.717) is 43.4 Å². The molecular formula is C30H49N5O6. The largest absolute Gasteiger partial charge is 0.394 e. The number of aliphatic hydroxyl groups is 2. The number of nitro benzene ring substituents is 1. The van der Waals surface area contributed by atoms with E-state index in [9.17, 15) is 25.1 Å². The summed E-state index contributed by atoms with van der Waals surface area (Å²) < 4.78 is 4.66. The molecule has 0 aliphatic carbocycles. The summed E-state index contributed by atoms with van der Waals surface area (Å²) in [6.45, 7) is 2.53. The summed E-state index contributed by atoms with van der Waals surface area (Å²) in [6, 6.07) is 2.27. The third-order valence-electron chi connectivity index (χ3n) is 7.26. The maximum atomic E-state index is 12.3. The maximum absolute atomic E-state index is 12.3. The summed E-state index contributed by atoms with van der Waals surface area (Å²) >= 11 is 0. The van der Waals surface area contributed by atoms with Crippen molar-refractivity contribution in [2.24, 2.45) is 0 Å². The molecule has 41 heavy (non-hydrogen) atoms. The molecular weight excluding hydrogens is 526 g/mol. The van der Waals surface area contributed by atoms with Gasteiger partial charge in [0.05, 0.1) is 29.4 Å². The van der Waals surface area contributed by atoms with Gasteiger partial charge in [-0.1, -0.05) is 76.9 Å². The lowest BCUT2D eigenvalue weighted by Crippen LogP contribution is -2.45. The molecule has 1 amide bonds. The highest BCUT2D eigenvalue weighted by molar-refractivity contribution is 5.93. The molecule has 1 aromatic heterocycles. The summed E-state index contributed by atoms with van der Waals surface area (Å²) in [5.74, 6) is -0.192. The lowest BCUT2D eigenvalue weighted by molar-refractivity contribution is -0.383. The van der Waals surface area contributed by atoms with Crippen LogP contribution in [0.3, 0.4) is 0 Å². The highest BCUT2D eigenvalue weighted by atomic mass is 16.6. The van der Waals surface area contributed by atoms with Crippen molar-refractivity contribution in [2.75, 3.05) is 18.5 Å². The molecule has 4 N–H and O–H groups in total. The topological polar surface area (TPSA) is 164 Å². The van der Waals surface area contributed by atoms with Gasteiger partial charge in [0.25, 0.3) is 0 Å². The van der Waals surface area contributed by atoms with Gasteiger partial charge in [0.1, 0.15) is 0 Å². The van der Waals surface area contributed by atoms with Crippen molar-refractivity contribution in [2.45, 2.75) is 122 Å². The number of aliphatic hydroxyl groups excluding tert-OH is 2.